The molecule has 0 aliphatic carbocycles. The van der Waals surface area contributed by atoms with Gasteiger partial charge >= 0.3 is 0 Å². The normalized spacial score (nSPS) is 11.2. The predicted molar refractivity (Wildman–Crippen MR) is 105 cm³/mol. The number of thiophene rings is 1. The van der Waals surface area contributed by atoms with Gasteiger partial charge in [0.1, 0.15) is 0 Å². The summed E-state index contributed by atoms with van der Waals surface area (Å²) in [6, 6.07) is 8.41. The Bertz CT molecular complexity index is 997. The summed E-state index contributed by atoms with van der Waals surface area (Å²) in [4.78, 5) is 13.5. The van der Waals surface area contributed by atoms with Gasteiger partial charge in [-0.15, -0.1) is 16.4 Å². The van der Waals surface area contributed by atoms with Gasteiger partial charge in [-0.1, -0.05) is 17.7 Å². The fraction of sp³-hybridized carbons (Fsp3) is 0.250. The van der Waals surface area contributed by atoms with Gasteiger partial charge in [0.05, 0.1) is 16.5 Å². The number of aromatic nitrogens is 3. The lowest BCUT2D eigenvalue weighted by molar-refractivity contribution is -0.384. The summed E-state index contributed by atoms with van der Waals surface area (Å²) in [5, 5.41) is 18.0. The van der Waals surface area contributed by atoms with Crippen molar-refractivity contribution in [3.05, 3.63) is 61.2 Å². The monoisotopic (exact) mass is 409 g/mol. The summed E-state index contributed by atoms with van der Waals surface area (Å²) in [7, 11) is 3.77. The first-order valence-electron chi connectivity index (χ1n) is 7.66. The van der Waals surface area contributed by atoms with Gasteiger partial charge in [0.15, 0.2) is 10.6 Å². The molecule has 0 aliphatic heterocycles. The largest absolute Gasteiger partial charge is 0.302 e. The smallest absolute Gasteiger partial charge is 0.269 e. The van der Waals surface area contributed by atoms with Gasteiger partial charge in [0.2, 0.25) is 0 Å². The van der Waals surface area contributed by atoms with Crippen LogP contribution < -0.4 is 0 Å². The molecule has 7 nitrogen and oxygen atoms in total. The SMILES string of the molecule is CN(Cc1cc([N+](=O)[O-])ccc1Cl)Cn1nc(-c2cccs2)n(C)c1=S. The molecule has 1 aromatic carbocycles. The maximum Gasteiger partial charge on any atom is 0.269 e. The highest BCUT2D eigenvalue weighted by molar-refractivity contribution is 7.71. The Morgan fingerprint density at radius 1 is 1.42 bits per heavy atom. The molecule has 0 unspecified atom stereocenters. The van der Waals surface area contributed by atoms with Crippen LogP contribution in [-0.4, -0.2) is 31.2 Å². The molecule has 0 saturated heterocycles. The Labute approximate surface area is 164 Å². The Kier molecular flexibility index (Phi) is 5.52. The van der Waals surface area contributed by atoms with Crippen LogP contribution >= 0.6 is 35.2 Å². The lowest BCUT2D eigenvalue weighted by Gasteiger charge is -2.17. The summed E-state index contributed by atoms with van der Waals surface area (Å²) < 4.78 is 4.20. The minimum atomic E-state index is -0.429. The number of nitrogens with zero attached hydrogens (tertiary/aromatic N) is 5. The van der Waals surface area contributed by atoms with Crippen molar-refractivity contribution in [1.82, 2.24) is 19.2 Å². The molecule has 136 valence electrons. The summed E-state index contributed by atoms with van der Waals surface area (Å²) in [5.74, 6) is 0.812. The van der Waals surface area contributed by atoms with Crippen molar-refractivity contribution < 1.29 is 4.92 Å². The van der Waals surface area contributed by atoms with E-state index < -0.39 is 4.92 Å². The van der Waals surface area contributed by atoms with Crippen LogP contribution in [-0.2, 0) is 20.3 Å². The number of rotatable bonds is 6. The zero-order valence-corrected chi connectivity index (χ0v) is 16.5. The molecule has 2 heterocycles. The van der Waals surface area contributed by atoms with Crippen molar-refractivity contribution in [2.45, 2.75) is 13.2 Å². The Balaban J connectivity index is 1.80. The van der Waals surface area contributed by atoms with Crippen LogP contribution in [0.2, 0.25) is 5.02 Å². The van der Waals surface area contributed by atoms with E-state index in [9.17, 15) is 10.1 Å². The third kappa shape index (κ3) is 3.85. The van der Waals surface area contributed by atoms with Gasteiger partial charge < -0.3 is 4.57 Å². The molecule has 0 atom stereocenters. The van der Waals surface area contributed by atoms with Crippen LogP contribution in [0.5, 0.6) is 0 Å². The van der Waals surface area contributed by atoms with E-state index in [0.717, 1.165) is 10.7 Å². The Morgan fingerprint density at radius 3 is 2.85 bits per heavy atom. The van der Waals surface area contributed by atoms with Gasteiger partial charge in [0.25, 0.3) is 5.69 Å². The van der Waals surface area contributed by atoms with E-state index in [4.69, 9.17) is 23.8 Å². The number of non-ortho nitro benzene ring substituents is 1. The van der Waals surface area contributed by atoms with E-state index in [0.29, 0.717) is 28.6 Å². The van der Waals surface area contributed by atoms with E-state index >= 15 is 0 Å². The number of benzene rings is 1. The van der Waals surface area contributed by atoms with E-state index in [2.05, 4.69) is 5.10 Å². The number of hydrogen-bond donors (Lipinski definition) is 0. The minimum Gasteiger partial charge on any atom is -0.302 e. The van der Waals surface area contributed by atoms with Crippen LogP contribution in [0.15, 0.2) is 35.7 Å². The first-order valence-corrected chi connectivity index (χ1v) is 9.32. The quantitative estimate of drug-likeness (QED) is 0.344. The van der Waals surface area contributed by atoms with Crippen LogP contribution in [0.1, 0.15) is 5.56 Å². The van der Waals surface area contributed by atoms with Crippen molar-refractivity contribution in [2.24, 2.45) is 7.05 Å². The highest BCUT2D eigenvalue weighted by Gasteiger charge is 2.14. The second-order valence-electron chi connectivity index (χ2n) is 5.83. The summed E-state index contributed by atoms with van der Waals surface area (Å²) in [6.45, 7) is 0.879. The van der Waals surface area contributed by atoms with Gasteiger partial charge in [-0.2, -0.15) is 0 Å². The van der Waals surface area contributed by atoms with Crippen LogP contribution in [0.4, 0.5) is 5.69 Å². The lowest BCUT2D eigenvalue weighted by atomic mass is 10.2. The van der Waals surface area contributed by atoms with E-state index in [1.165, 1.54) is 12.1 Å². The molecule has 0 bridgehead atoms. The standard InChI is InChI=1S/C16H16ClN5O2S2/c1-19(9-11-8-12(22(23)24)5-6-13(11)17)10-21-16(25)20(2)15(18-21)14-4-3-7-26-14/h3-8H,9-10H2,1-2H3. The molecular weight excluding hydrogens is 394 g/mol. The number of hydrogen-bond acceptors (Lipinski definition) is 6. The van der Waals surface area contributed by atoms with Crippen molar-refractivity contribution in [2.75, 3.05) is 7.05 Å². The molecule has 0 radical (unpaired) electrons. The van der Waals surface area contributed by atoms with Crippen LogP contribution in [0.3, 0.4) is 0 Å². The van der Waals surface area contributed by atoms with E-state index in [1.54, 1.807) is 22.1 Å². The Hall–Kier alpha value is -2.07. The van der Waals surface area contributed by atoms with Crippen molar-refractivity contribution in [1.29, 1.82) is 0 Å². The minimum absolute atomic E-state index is 0.0206. The van der Waals surface area contributed by atoms with Crippen molar-refractivity contribution >= 4 is 40.8 Å². The average Bonchev–Trinajstić information content (AvgIpc) is 3.21. The lowest BCUT2D eigenvalue weighted by Crippen LogP contribution is -2.22. The van der Waals surface area contributed by atoms with Crippen LogP contribution in [0.25, 0.3) is 10.7 Å². The highest BCUT2D eigenvalue weighted by atomic mass is 35.5. The summed E-state index contributed by atoms with van der Waals surface area (Å²) in [5.41, 5.74) is 0.705. The first-order chi connectivity index (χ1) is 12.4. The second kappa shape index (κ2) is 7.67. The molecule has 0 amide bonds. The third-order valence-corrected chi connectivity index (χ3v) is 5.56. The Morgan fingerprint density at radius 2 is 2.19 bits per heavy atom. The van der Waals surface area contributed by atoms with E-state index in [-0.39, 0.29) is 5.69 Å². The molecule has 0 spiro atoms. The number of nitro groups is 1. The first kappa shape index (κ1) is 18.7. The molecule has 0 saturated carbocycles. The van der Waals surface area contributed by atoms with Gasteiger partial charge in [-0.05, 0) is 42.3 Å². The van der Waals surface area contributed by atoms with E-state index in [1.807, 2.05) is 41.1 Å². The second-order valence-corrected chi connectivity index (χ2v) is 7.55. The van der Waals surface area contributed by atoms with Crippen molar-refractivity contribution in [3.63, 3.8) is 0 Å². The summed E-state index contributed by atoms with van der Waals surface area (Å²) >= 11 is 13.3. The number of halogens is 1. The molecule has 26 heavy (non-hydrogen) atoms. The predicted octanol–water partition coefficient (Wildman–Crippen LogP) is 4.33. The molecule has 3 rings (SSSR count). The fourth-order valence-corrected chi connectivity index (χ4v) is 3.67. The molecule has 10 heteroatoms. The maximum atomic E-state index is 11.0. The molecule has 0 aliphatic rings. The third-order valence-electron chi connectivity index (χ3n) is 3.84. The van der Waals surface area contributed by atoms with Gasteiger partial charge in [-0.25, -0.2) is 4.68 Å². The maximum absolute atomic E-state index is 11.0. The fourth-order valence-electron chi connectivity index (χ4n) is 2.57. The molecule has 2 aromatic heterocycles. The zero-order valence-electron chi connectivity index (χ0n) is 14.1. The molecule has 0 N–H and O–H groups in total. The van der Waals surface area contributed by atoms with Gasteiger partial charge in [-0.3, -0.25) is 15.0 Å². The topological polar surface area (TPSA) is 69.1 Å². The van der Waals surface area contributed by atoms with Crippen molar-refractivity contribution in [3.8, 4) is 10.7 Å². The molecular formula is C16H16ClN5O2S2. The van der Waals surface area contributed by atoms with Crippen LogP contribution in [0, 0.1) is 14.9 Å². The molecule has 0 fully saturated rings. The van der Waals surface area contributed by atoms with Gasteiger partial charge in [0, 0.05) is 30.7 Å². The summed E-state index contributed by atoms with van der Waals surface area (Å²) in [6.07, 6.45) is 0. The highest BCUT2D eigenvalue weighted by Crippen LogP contribution is 2.24. The average molecular weight is 410 g/mol. The zero-order chi connectivity index (χ0) is 18.8. The number of nitro benzene ring substituents is 1. The molecule has 3 aromatic rings.